The molecule has 2 heterocycles. The van der Waals surface area contributed by atoms with Gasteiger partial charge in [-0.2, -0.15) is 4.98 Å². The largest absolute Gasteiger partial charge is 0.472 e. The lowest BCUT2D eigenvalue weighted by atomic mass is 10.2. The third-order valence-electron chi connectivity index (χ3n) is 3.94. The number of ether oxygens (including phenoxy) is 3. The number of nitrogens with one attached hydrogen (secondary N) is 2. The normalized spacial score (nSPS) is 11.6. The van der Waals surface area contributed by atoms with Crippen LogP contribution < -0.4 is 24.8 Å². The van der Waals surface area contributed by atoms with E-state index in [9.17, 15) is 4.79 Å². The van der Waals surface area contributed by atoms with Crippen molar-refractivity contribution in [3.05, 3.63) is 72.1 Å². The van der Waals surface area contributed by atoms with Crippen molar-refractivity contribution in [1.82, 2.24) is 15.3 Å². The van der Waals surface area contributed by atoms with Crippen molar-refractivity contribution in [3.8, 4) is 17.4 Å². The molecular formula is C20H16N4O4S. The lowest BCUT2D eigenvalue weighted by molar-refractivity contribution is 0.0977. The molecule has 2 aromatic carbocycles. The molecule has 0 radical (unpaired) electrons. The third kappa shape index (κ3) is 4.77. The Labute approximate surface area is 171 Å². The molecular weight excluding hydrogens is 392 g/mol. The van der Waals surface area contributed by atoms with Gasteiger partial charge in [-0.1, -0.05) is 24.3 Å². The number of amides is 1. The summed E-state index contributed by atoms with van der Waals surface area (Å²) in [6.45, 7) is 0.503. The smallest absolute Gasteiger partial charge is 0.257 e. The number of benzene rings is 2. The molecule has 0 saturated heterocycles. The molecule has 146 valence electrons. The molecule has 2 N–H and O–H groups in total. The van der Waals surface area contributed by atoms with Crippen molar-refractivity contribution < 1.29 is 19.0 Å². The molecule has 29 heavy (non-hydrogen) atoms. The monoisotopic (exact) mass is 408 g/mol. The van der Waals surface area contributed by atoms with Gasteiger partial charge in [-0.3, -0.25) is 15.1 Å². The predicted octanol–water partition coefficient (Wildman–Crippen LogP) is 2.91. The Balaban J connectivity index is 1.33. The Bertz CT molecular complexity index is 1050. The molecule has 0 aliphatic carbocycles. The fraction of sp³-hybridized carbons (Fsp3) is 0.100. The van der Waals surface area contributed by atoms with E-state index in [4.69, 9.17) is 26.4 Å². The number of carbonyl (C=O) groups is 1. The van der Waals surface area contributed by atoms with Crippen LogP contribution in [0.15, 0.2) is 60.9 Å². The molecule has 1 aliphatic rings. The van der Waals surface area contributed by atoms with Crippen LogP contribution in [0.2, 0.25) is 0 Å². The van der Waals surface area contributed by atoms with E-state index in [1.165, 1.54) is 12.4 Å². The fourth-order valence-electron chi connectivity index (χ4n) is 2.58. The van der Waals surface area contributed by atoms with E-state index in [1.807, 2.05) is 24.3 Å². The van der Waals surface area contributed by atoms with Crippen molar-refractivity contribution in [2.75, 3.05) is 12.1 Å². The summed E-state index contributed by atoms with van der Waals surface area (Å²) in [5, 5.41) is 5.53. The van der Waals surface area contributed by atoms with E-state index in [-0.39, 0.29) is 24.4 Å². The number of nitrogens with zero attached hydrogens (tertiary/aromatic N) is 2. The second-order valence-electron chi connectivity index (χ2n) is 5.99. The number of fused-ring (bicyclic) bond motifs is 1. The zero-order chi connectivity index (χ0) is 20.1. The summed E-state index contributed by atoms with van der Waals surface area (Å²) in [6, 6.07) is 14.3. The first kappa shape index (κ1) is 18.6. The van der Waals surface area contributed by atoms with Crippen LogP contribution in [0.4, 0.5) is 5.82 Å². The molecule has 1 aromatic heterocycles. The van der Waals surface area contributed by atoms with E-state index in [1.54, 1.807) is 24.3 Å². The van der Waals surface area contributed by atoms with Gasteiger partial charge in [0, 0.05) is 5.56 Å². The molecule has 3 aromatic rings. The predicted molar refractivity (Wildman–Crippen MR) is 109 cm³/mol. The first-order chi connectivity index (χ1) is 14.2. The van der Waals surface area contributed by atoms with E-state index >= 15 is 0 Å². The summed E-state index contributed by atoms with van der Waals surface area (Å²) in [4.78, 5) is 20.5. The minimum absolute atomic E-state index is 0.112. The molecule has 0 atom stereocenters. The number of anilines is 1. The molecule has 0 unspecified atom stereocenters. The molecule has 0 spiro atoms. The molecule has 1 amide bonds. The number of aromatic nitrogens is 2. The highest BCUT2D eigenvalue weighted by molar-refractivity contribution is 7.80. The van der Waals surface area contributed by atoms with Crippen LogP contribution in [-0.4, -0.2) is 27.8 Å². The third-order valence-corrected chi connectivity index (χ3v) is 4.14. The Morgan fingerprint density at radius 1 is 1.10 bits per heavy atom. The lowest BCUT2D eigenvalue weighted by Crippen LogP contribution is -2.34. The Morgan fingerprint density at radius 3 is 2.79 bits per heavy atom. The van der Waals surface area contributed by atoms with E-state index in [2.05, 4.69) is 20.6 Å². The van der Waals surface area contributed by atoms with Gasteiger partial charge in [-0.15, -0.1) is 0 Å². The van der Waals surface area contributed by atoms with Crippen molar-refractivity contribution in [2.24, 2.45) is 0 Å². The molecule has 1 aliphatic heterocycles. The van der Waals surface area contributed by atoms with Crippen molar-refractivity contribution in [1.29, 1.82) is 0 Å². The average Bonchev–Trinajstić information content (AvgIpc) is 3.21. The van der Waals surface area contributed by atoms with Gasteiger partial charge in [-0.25, -0.2) is 0 Å². The summed E-state index contributed by atoms with van der Waals surface area (Å²) in [6.07, 6.45) is 2.97. The summed E-state index contributed by atoms with van der Waals surface area (Å²) in [7, 11) is 0. The van der Waals surface area contributed by atoms with Crippen LogP contribution in [0.5, 0.6) is 17.4 Å². The summed E-state index contributed by atoms with van der Waals surface area (Å²) in [5.41, 5.74) is 1.41. The van der Waals surface area contributed by atoms with E-state index in [0.717, 1.165) is 5.56 Å². The topological polar surface area (TPSA) is 94.6 Å². The van der Waals surface area contributed by atoms with E-state index < -0.39 is 0 Å². The Kier molecular flexibility index (Phi) is 5.48. The van der Waals surface area contributed by atoms with Gasteiger partial charge < -0.3 is 19.5 Å². The number of thiocarbonyl (C=S) groups is 1. The van der Waals surface area contributed by atoms with Crippen LogP contribution in [0.25, 0.3) is 0 Å². The van der Waals surface area contributed by atoms with Gasteiger partial charge in [0.1, 0.15) is 6.61 Å². The number of hydrogen-bond donors (Lipinski definition) is 2. The molecule has 9 heteroatoms. The van der Waals surface area contributed by atoms with Crippen molar-refractivity contribution >= 4 is 29.1 Å². The van der Waals surface area contributed by atoms with Gasteiger partial charge >= 0.3 is 0 Å². The molecule has 0 bridgehead atoms. The van der Waals surface area contributed by atoms with Gasteiger partial charge in [0.25, 0.3) is 5.91 Å². The van der Waals surface area contributed by atoms with Crippen molar-refractivity contribution in [2.45, 2.75) is 6.61 Å². The maximum atomic E-state index is 12.1. The standard InChI is InChI=1S/C20H16N4O4S/c25-19(14-4-2-1-3-5-14)24-20(29)23-17-9-21-10-18(22-17)26-11-13-6-7-15-16(8-13)28-12-27-15/h1-10H,11-12H2,(H2,22,23,24,25,29). The average molecular weight is 408 g/mol. The summed E-state index contributed by atoms with van der Waals surface area (Å²) in [5.74, 6) is 1.75. The number of hydrogen-bond acceptors (Lipinski definition) is 7. The van der Waals surface area contributed by atoms with Gasteiger partial charge in [-0.05, 0) is 42.0 Å². The lowest BCUT2D eigenvalue weighted by Gasteiger charge is -2.10. The Morgan fingerprint density at radius 2 is 1.93 bits per heavy atom. The van der Waals surface area contributed by atoms with Crippen LogP contribution in [0.3, 0.4) is 0 Å². The zero-order valence-electron chi connectivity index (χ0n) is 15.1. The van der Waals surface area contributed by atoms with Crippen LogP contribution in [-0.2, 0) is 6.61 Å². The van der Waals surface area contributed by atoms with E-state index in [0.29, 0.717) is 28.8 Å². The first-order valence-corrected chi connectivity index (χ1v) is 9.09. The van der Waals surface area contributed by atoms with Gasteiger partial charge in [0.15, 0.2) is 22.4 Å². The Hall–Kier alpha value is -3.72. The number of rotatable bonds is 5. The molecule has 4 rings (SSSR count). The summed E-state index contributed by atoms with van der Waals surface area (Å²) < 4.78 is 16.3. The summed E-state index contributed by atoms with van der Waals surface area (Å²) >= 11 is 5.17. The second kappa shape index (κ2) is 8.53. The minimum atomic E-state index is -0.314. The van der Waals surface area contributed by atoms with Gasteiger partial charge in [0.2, 0.25) is 12.7 Å². The second-order valence-corrected chi connectivity index (χ2v) is 6.40. The highest BCUT2D eigenvalue weighted by atomic mass is 32.1. The molecule has 8 nitrogen and oxygen atoms in total. The highest BCUT2D eigenvalue weighted by Crippen LogP contribution is 2.32. The van der Waals surface area contributed by atoms with Crippen LogP contribution in [0.1, 0.15) is 15.9 Å². The maximum Gasteiger partial charge on any atom is 0.257 e. The maximum absolute atomic E-state index is 12.1. The number of carbonyl (C=O) groups excluding carboxylic acids is 1. The SMILES string of the molecule is O=C(NC(=S)Nc1cncc(OCc2ccc3c(c2)OCO3)n1)c1ccccc1. The molecule has 0 saturated carbocycles. The molecule has 0 fully saturated rings. The highest BCUT2D eigenvalue weighted by Gasteiger charge is 2.13. The quantitative estimate of drug-likeness (QED) is 0.623. The van der Waals surface area contributed by atoms with Crippen molar-refractivity contribution in [3.63, 3.8) is 0 Å². The first-order valence-electron chi connectivity index (χ1n) is 8.68. The van der Waals surface area contributed by atoms with Crippen LogP contribution >= 0.6 is 12.2 Å². The zero-order valence-corrected chi connectivity index (χ0v) is 15.9. The fourth-order valence-corrected chi connectivity index (χ4v) is 2.78. The minimum Gasteiger partial charge on any atom is -0.472 e. The van der Waals surface area contributed by atoms with Crippen LogP contribution in [0, 0.1) is 0 Å². The van der Waals surface area contributed by atoms with Gasteiger partial charge in [0.05, 0.1) is 12.4 Å².